The highest BCUT2D eigenvalue weighted by atomic mass is 32.2. The summed E-state index contributed by atoms with van der Waals surface area (Å²) in [5.41, 5.74) is 0.793. The molecule has 1 amide bonds. The van der Waals surface area contributed by atoms with E-state index in [1.807, 2.05) is 30.3 Å². The second kappa shape index (κ2) is 7.14. The minimum Gasteiger partial charge on any atom is -0.342 e. The highest BCUT2D eigenvalue weighted by Crippen LogP contribution is 2.18. The summed E-state index contributed by atoms with van der Waals surface area (Å²) in [7, 11) is -1.66. The number of aromatic nitrogens is 4. The van der Waals surface area contributed by atoms with Crippen LogP contribution in [0.5, 0.6) is 0 Å². The van der Waals surface area contributed by atoms with Crippen LogP contribution in [0.4, 0.5) is 0 Å². The summed E-state index contributed by atoms with van der Waals surface area (Å²) in [5, 5.41) is 11.5. The fourth-order valence-electron chi connectivity index (χ4n) is 2.77. The first-order valence-corrected chi connectivity index (χ1v) is 9.75. The van der Waals surface area contributed by atoms with Crippen LogP contribution in [0.3, 0.4) is 0 Å². The van der Waals surface area contributed by atoms with Gasteiger partial charge in [0, 0.05) is 19.5 Å². The van der Waals surface area contributed by atoms with Crippen LogP contribution >= 0.6 is 0 Å². The van der Waals surface area contributed by atoms with Gasteiger partial charge in [-0.1, -0.05) is 24.3 Å². The number of para-hydroxylation sites is 1. The number of benzene rings is 1. The molecular weight excluding hydrogens is 342 g/mol. The Hall–Kier alpha value is -2.55. The molecular formula is C16H19N5O3S. The van der Waals surface area contributed by atoms with Crippen LogP contribution in [0.2, 0.25) is 0 Å². The van der Waals surface area contributed by atoms with Crippen LogP contribution in [0, 0.1) is 0 Å². The van der Waals surface area contributed by atoms with Crippen molar-refractivity contribution in [2.24, 2.45) is 0 Å². The molecule has 1 fully saturated rings. The highest BCUT2D eigenvalue weighted by molar-refractivity contribution is 7.91. The Morgan fingerprint density at radius 1 is 1.28 bits per heavy atom. The second-order valence-corrected chi connectivity index (χ2v) is 8.11. The van der Waals surface area contributed by atoms with Gasteiger partial charge < -0.3 is 4.90 Å². The standard InChI is InChI=1S/C16H19N5O3S/c1-20-14(9-10-16(20)22)12-25(23,24)11-5-8-15-17-18-19-21(15)13-6-3-2-4-7-13/h2-8,14H,9-12H2,1H3. The molecule has 2 heterocycles. The van der Waals surface area contributed by atoms with Crippen LogP contribution in [0.25, 0.3) is 11.8 Å². The van der Waals surface area contributed by atoms with Gasteiger partial charge in [-0.05, 0) is 35.1 Å². The number of hydrogen-bond donors (Lipinski definition) is 0. The summed E-state index contributed by atoms with van der Waals surface area (Å²) < 4.78 is 26.1. The third-order valence-corrected chi connectivity index (χ3v) is 5.78. The lowest BCUT2D eigenvalue weighted by atomic mass is 10.2. The van der Waals surface area contributed by atoms with E-state index in [-0.39, 0.29) is 23.5 Å². The van der Waals surface area contributed by atoms with E-state index in [0.717, 1.165) is 5.69 Å². The molecule has 2 aromatic rings. The lowest BCUT2D eigenvalue weighted by Gasteiger charge is -2.19. The van der Waals surface area contributed by atoms with Crippen molar-refractivity contribution in [2.45, 2.75) is 18.9 Å². The maximum Gasteiger partial charge on any atom is 0.222 e. The maximum absolute atomic E-state index is 12.3. The maximum atomic E-state index is 12.3. The Bertz CT molecular complexity index is 876. The van der Waals surface area contributed by atoms with Crippen LogP contribution in [-0.4, -0.2) is 64.0 Å². The van der Waals surface area contributed by atoms with Crippen LogP contribution < -0.4 is 0 Å². The molecule has 8 nitrogen and oxygen atoms in total. The Kier molecular flexibility index (Phi) is 4.93. The first-order valence-electron chi connectivity index (χ1n) is 7.93. The summed E-state index contributed by atoms with van der Waals surface area (Å²) in [4.78, 5) is 13.0. The predicted octanol–water partition coefficient (Wildman–Crippen LogP) is 0.711. The normalized spacial score (nSPS) is 18.4. The summed E-state index contributed by atoms with van der Waals surface area (Å²) in [6.45, 7) is 0. The number of hydrogen-bond acceptors (Lipinski definition) is 6. The van der Waals surface area contributed by atoms with Gasteiger partial charge in [0.05, 0.1) is 17.2 Å². The van der Waals surface area contributed by atoms with Crippen LogP contribution in [0.1, 0.15) is 18.7 Å². The highest BCUT2D eigenvalue weighted by Gasteiger charge is 2.31. The van der Waals surface area contributed by atoms with Gasteiger partial charge in [0.25, 0.3) is 0 Å². The van der Waals surface area contributed by atoms with E-state index in [2.05, 4.69) is 15.5 Å². The van der Waals surface area contributed by atoms with E-state index >= 15 is 0 Å². The van der Waals surface area contributed by atoms with Crippen molar-refractivity contribution < 1.29 is 13.2 Å². The molecule has 3 rings (SSSR count). The van der Waals surface area contributed by atoms with Gasteiger partial charge in [-0.3, -0.25) is 4.79 Å². The second-order valence-electron chi connectivity index (χ2n) is 5.96. The summed E-state index contributed by atoms with van der Waals surface area (Å²) in [6, 6.07) is 9.11. The molecule has 0 radical (unpaired) electrons. The van der Waals surface area contributed by atoms with E-state index in [1.54, 1.807) is 13.1 Å². The molecule has 1 unspecified atom stereocenters. The van der Waals surface area contributed by atoms with Gasteiger partial charge in [0.2, 0.25) is 5.91 Å². The molecule has 0 spiro atoms. The third kappa shape index (κ3) is 4.11. The quantitative estimate of drug-likeness (QED) is 0.752. The van der Waals surface area contributed by atoms with Gasteiger partial charge in [-0.2, -0.15) is 4.68 Å². The molecule has 1 aromatic heterocycles. The van der Waals surface area contributed by atoms with Crippen molar-refractivity contribution in [2.75, 3.05) is 18.6 Å². The monoisotopic (exact) mass is 361 g/mol. The smallest absolute Gasteiger partial charge is 0.222 e. The Labute approximate surface area is 146 Å². The minimum absolute atomic E-state index is 0.00206. The van der Waals surface area contributed by atoms with Crippen molar-refractivity contribution in [1.82, 2.24) is 25.1 Å². The predicted molar refractivity (Wildman–Crippen MR) is 92.6 cm³/mol. The van der Waals surface area contributed by atoms with Crippen molar-refractivity contribution in [1.29, 1.82) is 0 Å². The van der Waals surface area contributed by atoms with E-state index in [1.165, 1.54) is 15.7 Å². The Morgan fingerprint density at radius 2 is 2.04 bits per heavy atom. The number of tetrazole rings is 1. The van der Waals surface area contributed by atoms with Crippen LogP contribution in [-0.2, 0) is 14.6 Å². The molecule has 0 bridgehead atoms. The molecule has 1 saturated heterocycles. The average molecular weight is 361 g/mol. The fourth-order valence-corrected chi connectivity index (χ4v) is 4.27. The molecule has 0 aliphatic carbocycles. The summed E-state index contributed by atoms with van der Waals surface area (Å²) in [5.74, 6) is 0.309. The van der Waals surface area contributed by atoms with E-state index in [4.69, 9.17) is 0 Å². The molecule has 25 heavy (non-hydrogen) atoms. The number of sulfone groups is 1. The summed E-state index contributed by atoms with van der Waals surface area (Å²) >= 11 is 0. The number of rotatable bonds is 6. The lowest BCUT2D eigenvalue weighted by Crippen LogP contribution is -2.34. The topological polar surface area (TPSA) is 98.1 Å². The van der Waals surface area contributed by atoms with Gasteiger partial charge >= 0.3 is 0 Å². The van der Waals surface area contributed by atoms with Gasteiger partial charge in [-0.25, -0.2) is 8.42 Å². The number of nitrogens with zero attached hydrogens (tertiary/aromatic N) is 5. The van der Waals surface area contributed by atoms with Crippen molar-refractivity contribution in [3.63, 3.8) is 0 Å². The average Bonchev–Trinajstić information content (AvgIpc) is 3.17. The molecule has 0 N–H and O–H groups in total. The number of amides is 1. The summed E-state index contributed by atoms with van der Waals surface area (Å²) in [6.07, 6.45) is 4.13. The lowest BCUT2D eigenvalue weighted by molar-refractivity contribution is -0.127. The SMILES string of the molecule is CN1C(=O)CCC1CS(=O)(=O)CC=Cc1nnnn1-c1ccccc1. The minimum atomic E-state index is -3.31. The molecule has 0 saturated carbocycles. The molecule has 132 valence electrons. The zero-order chi connectivity index (χ0) is 17.9. The fraction of sp³-hybridized carbons (Fsp3) is 0.375. The van der Waals surface area contributed by atoms with E-state index < -0.39 is 9.84 Å². The number of carbonyl (C=O) groups is 1. The number of carbonyl (C=O) groups excluding carboxylic acids is 1. The molecule has 1 atom stereocenters. The zero-order valence-corrected chi connectivity index (χ0v) is 14.6. The Morgan fingerprint density at radius 3 is 2.72 bits per heavy atom. The van der Waals surface area contributed by atoms with Crippen molar-refractivity contribution >= 4 is 21.8 Å². The van der Waals surface area contributed by atoms with Gasteiger partial charge in [0.1, 0.15) is 0 Å². The molecule has 1 aromatic carbocycles. The van der Waals surface area contributed by atoms with Crippen molar-refractivity contribution in [3.05, 3.63) is 42.2 Å². The van der Waals surface area contributed by atoms with Gasteiger partial charge in [0.15, 0.2) is 15.7 Å². The van der Waals surface area contributed by atoms with E-state index in [9.17, 15) is 13.2 Å². The zero-order valence-electron chi connectivity index (χ0n) is 13.8. The van der Waals surface area contributed by atoms with Crippen LogP contribution in [0.15, 0.2) is 36.4 Å². The molecule has 9 heteroatoms. The number of likely N-dealkylation sites (tertiary alicyclic amines) is 1. The first kappa shape index (κ1) is 17.3. The first-order chi connectivity index (χ1) is 12.0. The molecule has 1 aliphatic heterocycles. The largest absolute Gasteiger partial charge is 0.342 e. The van der Waals surface area contributed by atoms with Crippen molar-refractivity contribution in [3.8, 4) is 5.69 Å². The van der Waals surface area contributed by atoms with E-state index in [0.29, 0.717) is 18.7 Å². The van der Waals surface area contributed by atoms with Gasteiger partial charge in [-0.15, -0.1) is 5.10 Å². The third-order valence-electron chi connectivity index (χ3n) is 4.19. The Balaban J connectivity index is 1.66. The molecule has 1 aliphatic rings.